The van der Waals surface area contributed by atoms with E-state index in [0.717, 1.165) is 34.0 Å². The third-order valence-corrected chi connectivity index (χ3v) is 11.8. The van der Waals surface area contributed by atoms with Crippen LogP contribution in [-0.2, 0) is 0 Å². The van der Waals surface area contributed by atoms with Gasteiger partial charge in [0.25, 0.3) is 0 Å². The van der Waals surface area contributed by atoms with E-state index in [1.807, 2.05) is 0 Å². The summed E-state index contributed by atoms with van der Waals surface area (Å²) < 4.78 is 4.86. The molecule has 3 nitrogen and oxygen atoms in total. The number of hydrogen-bond acceptors (Lipinski definition) is 1. The zero-order valence-electron chi connectivity index (χ0n) is 31.0. The molecule has 0 N–H and O–H groups in total. The van der Waals surface area contributed by atoms with Crippen molar-refractivity contribution in [2.24, 2.45) is 0 Å². The molecule has 3 heteroatoms. The van der Waals surface area contributed by atoms with Crippen molar-refractivity contribution in [1.82, 2.24) is 9.13 Å². The minimum Gasteiger partial charge on any atom is -0.309 e. The molecule has 0 bridgehead atoms. The first-order valence-corrected chi connectivity index (χ1v) is 19.6. The van der Waals surface area contributed by atoms with Crippen LogP contribution in [0, 0.1) is 0 Å². The fourth-order valence-corrected chi connectivity index (χ4v) is 9.42. The van der Waals surface area contributed by atoms with Gasteiger partial charge in [-0.2, -0.15) is 0 Å². The molecule has 0 atom stereocenters. The highest BCUT2D eigenvalue weighted by atomic mass is 15.2. The topological polar surface area (TPSA) is 13.1 Å². The Labute approximate surface area is 329 Å². The molecule has 10 aromatic carbocycles. The standard InChI is InChI=1S/C54H35N3/c1-3-16-38(17-4-1)55-49-25-12-10-22-46(49)53-50(55)26-14-27-51(53)56(40-32-29-37-31-33-42-41-20-8-7-15-36(41)30-34-43(42)47(37)35-40)52-28-13-23-45-44-21-9-11-24-48(44)57(54(45)52)39-18-5-2-6-19-39/h1-35H. The van der Waals surface area contributed by atoms with Gasteiger partial charge in [-0.25, -0.2) is 0 Å². The molecule has 0 saturated heterocycles. The summed E-state index contributed by atoms with van der Waals surface area (Å²) in [6.45, 7) is 0. The lowest BCUT2D eigenvalue weighted by molar-refractivity contribution is 1.17. The highest BCUT2D eigenvalue weighted by Crippen LogP contribution is 2.48. The quantitative estimate of drug-likeness (QED) is 0.161. The summed E-state index contributed by atoms with van der Waals surface area (Å²) >= 11 is 0. The van der Waals surface area contributed by atoms with Gasteiger partial charge in [0, 0.05) is 38.6 Å². The molecule has 12 rings (SSSR count). The molecule has 0 unspecified atom stereocenters. The first-order chi connectivity index (χ1) is 28.3. The lowest BCUT2D eigenvalue weighted by atomic mass is 9.96. The van der Waals surface area contributed by atoms with E-state index in [1.54, 1.807) is 0 Å². The Morgan fingerprint density at radius 2 is 0.825 bits per heavy atom. The second kappa shape index (κ2) is 12.5. The maximum atomic E-state index is 2.52. The van der Waals surface area contributed by atoms with Crippen molar-refractivity contribution >= 4 is 93.0 Å². The number of anilines is 3. The molecule has 0 fully saturated rings. The van der Waals surface area contributed by atoms with E-state index < -0.39 is 0 Å². The van der Waals surface area contributed by atoms with E-state index in [1.165, 1.54) is 70.4 Å². The van der Waals surface area contributed by atoms with Crippen LogP contribution in [0.1, 0.15) is 0 Å². The predicted molar refractivity (Wildman–Crippen MR) is 242 cm³/mol. The summed E-state index contributed by atoms with van der Waals surface area (Å²) in [5, 5.41) is 12.4. The molecule has 2 aromatic heterocycles. The van der Waals surface area contributed by atoms with Crippen LogP contribution < -0.4 is 4.90 Å². The van der Waals surface area contributed by atoms with Gasteiger partial charge in [-0.3, -0.25) is 0 Å². The van der Waals surface area contributed by atoms with Crippen molar-refractivity contribution < 1.29 is 0 Å². The minimum absolute atomic E-state index is 1.10. The highest BCUT2D eigenvalue weighted by molar-refractivity contribution is 6.21. The Kier molecular flexibility index (Phi) is 6.93. The molecule has 0 aliphatic heterocycles. The van der Waals surface area contributed by atoms with E-state index in [0.29, 0.717) is 0 Å². The zero-order valence-corrected chi connectivity index (χ0v) is 31.0. The molecule has 0 amide bonds. The van der Waals surface area contributed by atoms with Crippen molar-refractivity contribution in [3.63, 3.8) is 0 Å². The summed E-state index contributed by atoms with van der Waals surface area (Å²) in [7, 11) is 0. The van der Waals surface area contributed by atoms with E-state index >= 15 is 0 Å². The van der Waals surface area contributed by atoms with Crippen LogP contribution in [0.5, 0.6) is 0 Å². The van der Waals surface area contributed by atoms with Gasteiger partial charge < -0.3 is 14.0 Å². The van der Waals surface area contributed by atoms with Gasteiger partial charge in [0.05, 0.1) is 33.4 Å². The van der Waals surface area contributed by atoms with Crippen LogP contribution in [0.2, 0.25) is 0 Å². The number of benzene rings is 10. The van der Waals surface area contributed by atoms with Gasteiger partial charge in [0.1, 0.15) is 0 Å². The van der Waals surface area contributed by atoms with Gasteiger partial charge in [0.2, 0.25) is 0 Å². The van der Waals surface area contributed by atoms with E-state index in [-0.39, 0.29) is 0 Å². The predicted octanol–water partition coefficient (Wildman–Crippen LogP) is 14.8. The number of hydrogen-bond donors (Lipinski definition) is 0. The van der Waals surface area contributed by atoms with E-state index in [2.05, 4.69) is 226 Å². The molecule has 0 saturated carbocycles. The fourth-order valence-electron chi connectivity index (χ4n) is 9.42. The fraction of sp³-hybridized carbons (Fsp3) is 0. The van der Waals surface area contributed by atoms with Crippen LogP contribution in [0.4, 0.5) is 17.1 Å². The second-order valence-corrected chi connectivity index (χ2v) is 14.9. The Balaban J connectivity index is 1.23. The van der Waals surface area contributed by atoms with Crippen molar-refractivity contribution in [2.45, 2.75) is 0 Å². The average Bonchev–Trinajstić information content (AvgIpc) is 3.81. The number of rotatable bonds is 5. The van der Waals surface area contributed by atoms with Crippen molar-refractivity contribution in [3.05, 3.63) is 212 Å². The molecule has 0 aliphatic carbocycles. The molecule has 57 heavy (non-hydrogen) atoms. The summed E-state index contributed by atoms with van der Waals surface area (Å²) in [6.07, 6.45) is 0. The Morgan fingerprint density at radius 3 is 1.60 bits per heavy atom. The van der Waals surface area contributed by atoms with Crippen molar-refractivity contribution in [3.8, 4) is 11.4 Å². The minimum atomic E-state index is 1.10. The normalized spacial score (nSPS) is 11.9. The average molecular weight is 726 g/mol. The third-order valence-electron chi connectivity index (χ3n) is 11.8. The Bertz CT molecular complexity index is 3520. The molecule has 0 spiro atoms. The highest BCUT2D eigenvalue weighted by Gasteiger charge is 2.25. The van der Waals surface area contributed by atoms with Crippen LogP contribution >= 0.6 is 0 Å². The maximum Gasteiger partial charge on any atom is 0.0782 e. The lowest BCUT2D eigenvalue weighted by Gasteiger charge is -2.28. The van der Waals surface area contributed by atoms with Crippen LogP contribution in [-0.4, -0.2) is 9.13 Å². The molecule has 0 radical (unpaired) electrons. The van der Waals surface area contributed by atoms with Crippen LogP contribution in [0.15, 0.2) is 212 Å². The lowest BCUT2D eigenvalue weighted by Crippen LogP contribution is -2.12. The molecular weight excluding hydrogens is 691 g/mol. The van der Waals surface area contributed by atoms with Gasteiger partial charge >= 0.3 is 0 Å². The molecular formula is C54H35N3. The first-order valence-electron chi connectivity index (χ1n) is 19.6. The summed E-state index contributed by atoms with van der Waals surface area (Å²) in [5.41, 5.74) is 10.3. The number of aromatic nitrogens is 2. The number of fused-ring (bicyclic) bond motifs is 11. The summed E-state index contributed by atoms with van der Waals surface area (Å²) in [5.74, 6) is 0. The van der Waals surface area contributed by atoms with Crippen molar-refractivity contribution in [1.29, 1.82) is 0 Å². The summed E-state index contributed by atoms with van der Waals surface area (Å²) in [4.78, 5) is 2.52. The van der Waals surface area contributed by atoms with Crippen LogP contribution in [0.25, 0.3) is 87.3 Å². The SMILES string of the molecule is c1ccc(-n2c3ccccc3c3c(N(c4ccc5ccc6c7ccccc7ccc6c5c4)c4cccc5c6ccccc6n(-c6ccccc6)c45)cccc32)cc1. The third kappa shape index (κ3) is 4.73. The molecule has 0 aliphatic rings. The van der Waals surface area contributed by atoms with Gasteiger partial charge in [-0.1, -0.05) is 146 Å². The largest absolute Gasteiger partial charge is 0.309 e. The van der Waals surface area contributed by atoms with Gasteiger partial charge in [0.15, 0.2) is 0 Å². The molecule has 12 aromatic rings. The first kappa shape index (κ1) is 31.7. The Hall–Kier alpha value is -7.62. The Morgan fingerprint density at radius 1 is 0.298 bits per heavy atom. The van der Waals surface area contributed by atoms with Gasteiger partial charge in [-0.15, -0.1) is 0 Å². The van der Waals surface area contributed by atoms with Crippen molar-refractivity contribution in [2.75, 3.05) is 4.90 Å². The molecule has 2 heterocycles. The number of nitrogens with zero attached hydrogens (tertiary/aromatic N) is 3. The zero-order chi connectivity index (χ0) is 37.5. The van der Waals surface area contributed by atoms with Crippen LogP contribution in [0.3, 0.4) is 0 Å². The maximum absolute atomic E-state index is 2.52. The van der Waals surface area contributed by atoms with Gasteiger partial charge in [-0.05, 0) is 99.0 Å². The molecule has 266 valence electrons. The smallest absolute Gasteiger partial charge is 0.0782 e. The van der Waals surface area contributed by atoms with E-state index in [4.69, 9.17) is 0 Å². The number of para-hydroxylation sites is 5. The monoisotopic (exact) mass is 725 g/mol. The second-order valence-electron chi connectivity index (χ2n) is 14.9. The summed E-state index contributed by atoms with van der Waals surface area (Å²) in [6, 6.07) is 77.6. The van der Waals surface area contributed by atoms with E-state index in [9.17, 15) is 0 Å².